The number of fused-ring (bicyclic) bond motifs is 1. The number of carbonyl (C=O) groups excluding carboxylic acids is 3. The smallest absolute Gasteiger partial charge is 0.328 e. The first-order chi connectivity index (χ1) is 13.5. The number of barbiturate groups is 1. The third-order valence-corrected chi connectivity index (χ3v) is 4.94. The molecule has 3 aromatic rings. The van der Waals surface area contributed by atoms with Gasteiger partial charge < -0.3 is 9.47 Å². The Morgan fingerprint density at radius 1 is 1.11 bits per heavy atom. The fourth-order valence-corrected chi connectivity index (χ4v) is 3.60. The molecule has 142 valence electrons. The Morgan fingerprint density at radius 3 is 2.54 bits per heavy atom. The Bertz CT molecular complexity index is 1140. The third kappa shape index (κ3) is 2.89. The van der Waals surface area contributed by atoms with Crippen molar-refractivity contribution in [2.24, 2.45) is 0 Å². The molecule has 4 amide bonds. The summed E-state index contributed by atoms with van der Waals surface area (Å²) in [7, 11) is 3.09. The normalized spacial score (nSPS) is 14.1. The number of amides is 4. The molecule has 0 aliphatic carbocycles. The number of ether oxygens (including phenoxy) is 2. The van der Waals surface area contributed by atoms with E-state index in [0.717, 1.165) is 0 Å². The van der Waals surface area contributed by atoms with Gasteiger partial charge in [-0.3, -0.25) is 24.6 Å². The lowest BCUT2D eigenvalue weighted by Gasteiger charge is -2.14. The summed E-state index contributed by atoms with van der Waals surface area (Å²) in [5, 5.41) is 5.96. The van der Waals surface area contributed by atoms with E-state index in [2.05, 4.69) is 15.6 Å². The fourth-order valence-electron chi connectivity index (χ4n) is 2.88. The average molecular weight is 398 g/mol. The summed E-state index contributed by atoms with van der Waals surface area (Å²) in [6, 6.07) is 4.41. The monoisotopic (exact) mass is 398 g/mol. The van der Waals surface area contributed by atoms with Gasteiger partial charge in [-0.05, 0) is 24.3 Å². The second kappa shape index (κ2) is 6.82. The molecule has 3 heterocycles. The second-order valence-corrected chi connectivity index (χ2v) is 6.64. The summed E-state index contributed by atoms with van der Waals surface area (Å²) < 4.78 is 12.5. The molecule has 4 rings (SSSR count). The number of nitrogens with zero attached hydrogens (tertiary/aromatic N) is 2. The van der Waals surface area contributed by atoms with E-state index >= 15 is 0 Å². The molecule has 0 saturated carbocycles. The van der Waals surface area contributed by atoms with Crippen molar-refractivity contribution in [1.82, 2.24) is 20.0 Å². The van der Waals surface area contributed by atoms with Gasteiger partial charge in [0.1, 0.15) is 22.8 Å². The summed E-state index contributed by atoms with van der Waals surface area (Å²) in [5.41, 5.74) is 1.44. The summed E-state index contributed by atoms with van der Waals surface area (Å²) in [4.78, 5) is 40.9. The van der Waals surface area contributed by atoms with Crippen molar-refractivity contribution in [2.75, 3.05) is 14.2 Å². The quantitative estimate of drug-likeness (QED) is 0.512. The molecule has 0 spiro atoms. The predicted molar refractivity (Wildman–Crippen MR) is 101 cm³/mol. The molecule has 10 heteroatoms. The second-order valence-electron chi connectivity index (χ2n) is 5.76. The first-order valence-corrected chi connectivity index (χ1v) is 8.96. The number of imidazole rings is 1. The van der Waals surface area contributed by atoms with Crippen LogP contribution >= 0.6 is 11.3 Å². The van der Waals surface area contributed by atoms with Crippen molar-refractivity contribution in [2.45, 2.75) is 0 Å². The first-order valence-electron chi connectivity index (χ1n) is 8.08. The minimum Gasteiger partial charge on any atom is -0.497 e. The first kappa shape index (κ1) is 17.7. The number of imide groups is 2. The van der Waals surface area contributed by atoms with Gasteiger partial charge in [-0.1, -0.05) is 0 Å². The molecule has 28 heavy (non-hydrogen) atoms. The van der Waals surface area contributed by atoms with Crippen molar-refractivity contribution < 1.29 is 23.9 Å². The maximum absolute atomic E-state index is 12.2. The van der Waals surface area contributed by atoms with Crippen molar-refractivity contribution in [3.63, 3.8) is 0 Å². The van der Waals surface area contributed by atoms with Crippen LogP contribution in [0, 0.1) is 0 Å². The van der Waals surface area contributed by atoms with Gasteiger partial charge in [-0.25, -0.2) is 9.78 Å². The molecule has 0 unspecified atom stereocenters. The zero-order valence-corrected chi connectivity index (χ0v) is 15.6. The number of carbonyl (C=O) groups is 3. The fraction of sp³-hybridized carbons (Fsp3) is 0.111. The lowest BCUT2D eigenvalue weighted by molar-refractivity contribution is -0.123. The lowest BCUT2D eigenvalue weighted by atomic mass is 10.1. The number of benzene rings is 1. The Balaban J connectivity index is 1.95. The van der Waals surface area contributed by atoms with Gasteiger partial charge in [0.2, 0.25) is 0 Å². The predicted octanol–water partition coefficient (Wildman–Crippen LogP) is 1.83. The number of nitrogens with one attached hydrogen (secondary N) is 2. The zero-order valence-electron chi connectivity index (χ0n) is 14.8. The van der Waals surface area contributed by atoms with E-state index in [0.29, 0.717) is 33.4 Å². The number of hydrogen-bond donors (Lipinski definition) is 2. The molecule has 0 atom stereocenters. The standard InChI is InChI=1S/C18H14N4O5S/c1-26-9-3-4-13(27-2)10(7-9)14-12(22-5-6-28-18(22)19-14)8-11-15(23)20-17(25)21-16(11)24/h3-8H,1-2H3,(H2,20,21,23,24,25). The number of thiazole rings is 1. The van der Waals surface area contributed by atoms with Crippen molar-refractivity contribution in [3.05, 3.63) is 41.0 Å². The van der Waals surface area contributed by atoms with E-state index in [4.69, 9.17) is 9.47 Å². The van der Waals surface area contributed by atoms with Crippen LogP contribution in [-0.4, -0.2) is 41.4 Å². The van der Waals surface area contributed by atoms with Gasteiger partial charge in [-0.2, -0.15) is 0 Å². The highest BCUT2D eigenvalue weighted by atomic mass is 32.1. The van der Waals surface area contributed by atoms with Crippen LogP contribution in [0.3, 0.4) is 0 Å². The minimum atomic E-state index is -0.851. The van der Waals surface area contributed by atoms with Gasteiger partial charge in [0, 0.05) is 17.1 Å². The summed E-state index contributed by atoms with van der Waals surface area (Å²) in [6.45, 7) is 0. The van der Waals surface area contributed by atoms with Gasteiger partial charge >= 0.3 is 6.03 Å². The molecule has 0 radical (unpaired) electrons. The number of aromatic nitrogens is 2. The summed E-state index contributed by atoms with van der Waals surface area (Å²) in [5.74, 6) is -0.395. The molecule has 1 aliphatic heterocycles. The minimum absolute atomic E-state index is 0.198. The molecule has 1 saturated heterocycles. The van der Waals surface area contributed by atoms with Gasteiger partial charge in [0.05, 0.1) is 19.9 Å². The number of hydrogen-bond acceptors (Lipinski definition) is 7. The van der Waals surface area contributed by atoms with E-state index in [1.807, 2.05) is 5.38 Å². The number of urea groups is 1. The van der Waals surface area contributed by atoms with Gasteiger partial charge in [-0.15, -0.1) is 11.3 Å². The maximum Gasteiger partial charge on any atom is 0.328 e. The van der Waals surface area contributed by atoms with Crippen molar-refractivity contribution in [1.29, 1.82) is 0 Å². The van der Waals surface area contributed by atoms with Crippen LogP contribution < -0.4 is 20.1 Å². The highest BCUT2D eigenvalue weighted by Crippen LogP contribution is 2.37. The van der Waals surface area contributed by atoms with E-state index in [-0.39, 0.29) is 5.57 Å². The average Bonchev–Trinajstić information content (AvgIpc) is 3.25. The van der Waals surface area contributed by atoms with E-state index in [1.165, 1.54) is 24.5 Å². The SMILES string of the molecule is COc1ccc(OC)c(-c2nc3sccn3c2C=C2C(=O)NC(=O)NC2=O)c1. The Hall–Kier alpha value is -3.66. The summed E-state index contributed by atoms with van der Waals surface area (Å²) >= 11 is 1.40. The van der Waals surface area contributed by atoms with E-state index in [1.54, 1.807) is 35.9 Å². The van der Waals surface area contributed by atoms with Crippen molar-refractivity contribution in [3.8, 4) is 22.8 Å². The zero-order chi connectivity index (χ0) is 19.8. The topological polar surface area (TPSA) is 111 Å². The highest BCUT2D eigenvalue weighted by molar-refractivity contribution is 7.15. The molecule has 1 aliphatic rings. The molecular weight excluding hydrogens is 384 g/mol. The van der Waals surface area contributed by atoms with Crippen LogP contribution in [0.5, 0.6) is 11.5 Å². The van der Waals surface area contributed by atoms with Gasteiger partial charge in [0.25, 0.3) is 11.8 Å². The number of rotatable bonds is 4. The molecule has 0 bridgehead atoms. The molecule has 1 aromatic carbocycles. The highest BCUT2D eigenvalue weighted by Gasteiger charge is 2.29. The Morgan fingerprint density at radius 2 is 1.86 bits per heavy atom. The number of methoxy groups -OCH3 is 2. The van der Waals surface area contributed by atoms with Crippen LogP contribution in [0.4, 0.5) is 4.79 Å². The Labute approximate surface area is 162 Å². The molecule has 2 aromatic heterocycles. The third-order valence-electron chi connectivity index (χ3n) is 4.19. The Kier molecular flexibility index (Phi) is 4.32. The van der Waals surface area contributed by atoms with Crippen molar-refractivity contribution >= 4 is 40.2 Å². The lowest BCUT2D eigenvalue weighted by Crippen LogP contribution is -2.51. The molecule has 1 fully saturated rings. The van der Waals surface area contributed by atoms with E-state index in [9.17, 15) is 14.4 Å². The van der Waals surface area contributed by atoms with Crippen LogP contribution in [0.25, 0.3) is 22.3 Å². The molecule has 9 nitrogen and oxygen atoms in total. The van der Waals surface area contributed by atoms with Crippen LogP contribution in [-0.2, 0) is 9.59 Å². The maximum atomic E-state index is 12.2. The van der Waals surface area contributed by atoms with Gasteiger partial charge in [0.15, 0.2) is 4.96 Å². The van der Waals surface area contributed by atoms with Crippen LogP contribution in [0.2, 0.25) is 0 Å². The molecule has 2 N–H and O–H groups in total. The molecular formula is C18H14N4O5S. The summed E-state index contributed by atoms with van der Waals surface area (Å²) in [6.07, 6.45) is 3.18. The van der Waals surface area contributed by atoms with Crippen LogP contribution in [0.15, 0.2) is 35.3 Å². The van der Waals surface area contributed by atoms with E-state index < -0.39 is 17.8 Å². The van der Waals surface area contributed by atoms with Crippen LogP contribution in [0.1, 0.15) is 5.69 Å². The largest absolute Gasteiger partial charge is 0.497 e.